The summed E-state index contributed by atoms with van der Waals surface area (Å²) in [7, 11) is 3.07. The van der Waals surface area contributed by atoms with Crippen LogP contribution in [-0.4, -0.2) is 31.4 Å². The Hall–Kier alpha value is -3.85. The third kappa shape index (κ3) is 5.06. The molecular formula is C30H24Cl2N2O5S. The second-order valence-electron chi connectivity index (χ2n) is 8.68. The summed E-state index contributed by atoms with van der Waals surface area (Å²) < 4.78 is 18.5. The fraction of sp³-hybridized carbons (Fsp3) is 0.167. The Morgan fingerprint density at radius 3 is 2.52 bits per heavy atom. The number of nitrogens with zero attached hydrogens (tertiary/aromatic N) is 2. The van der Waals surface area contributed by atoms with Crippen molar-refractivity contribution >= 4 is 52.3 Å². The second-order valence-corrected chi connectivity index (χ2v) is 10.5. The molecule has 2 heterocycles. The molecule has 0 spiro atoms. The molecule has 0 radical (unpaired) electrons. The smallest absolute Gasteiger partial charge is 0.338 e. The molecule has 4 aromatic rings. The van der Waals surface area contributed by atoms with Gasteiger partial charge in [0.2, 0.25) is 0 Å². The molecule has 1 atom stereocenters. The number of carbonyl (C=O) groups excluding carboxylic acids is 1. The standard InChI is InChI=1S/C30H24Cl2N2O5S/c1-4-39-29(36)24-26(17-9-6-5-7-10-17)33-30-34(27(24)20-14-13-19(37-2)16-22(20)38-3)28(35)23(40-30)15-18-11-8-12-21(31)25(18)32/h5-16,27H,4H2,1-3H3. The highest BCUT2D eigenvalue weighted by atomic mass is 35.5. The monoisotopic (exact) mass is 594 g/mol. The normalized spacial score (nSPS) is 14.9. The minimum absolute atomic E-state index is 0.147. The van der Waals surface area contributed by atoms with Gasteiger partial charge < -0.3 is 14.2 Å². The van der Waals surface area contributed by atoms with Crippen LogP contribution >= 0.6 is 34.5 Å². The number of thiazole rings is 1. The van der Waals surface area contributed by atoms with Crippen molar-refractivity contribution in [3.8, 4) is 11.5 Å². The molecule has 0 N–H and O–H groups in total. The van der Waals surface area contributed by atoms with Crippen molar-refractivity contribution in [1.82, 2.24) is 4.57 Å². The highest BCUT2D eigenvalue weighted by molar-refractivity contribution is 7.07. The lowest BCUT2D eigenvalue weighted by atomic mass is 9.92. The van der Waals surface area contributed by atoms with E-state index in [-0.39, 0.29) is 17.7 Å². The van der Waals surface area contributed by atoms with Crippen molar-refractivity contribution in [2.75, 3.05) is 20.8 Å². The molecule has 0 bridgehead atoms. The molecule has 204 valence electrons. The minimum Gasteiger partial charge on any atom is -0.497 e. The Bertz CT molecular complexity index is 1810. The van der Waals surface area contributed by atoms with Crippen LogP contribution in [0.2, 0.25) is 10.0 Å². The number of hydrogen-bond acceptors (Lipinski definition) is 7. The van der Waals surface area contributed by atoms with Gasteiger partial charge in [0.15, 0.2) is 4.80 Å². The molecule has 1 aromatic heterocycles. The SMILES string of the molecule is CCOC(=O)C1=C(c2ccccc2)N=c2sc(=Cc3cccc(Cl)c3Cl)c(=O)n2C1c1ccc(OC)cc1OC. The molecule has 1 aliphatic rings. The van der Waals surface area contributed by atoms with E-state index in [1.807, 2.05) is 30.3 Å². The van der Waals surface area contributed by atoms with E-state index in [1.165, 1.54) is 23.0 Å². The van der Waals surface area contributed by atoms with Crippen molar-refractivity contribution in [2.24, 2.45) is 4.99 Å². The van der Waals surface area contributed by atoms with E-state index in [2.05, 4.69) is 0 Å². The minimum atomic E-state index is -0.900. The van der Waals surface area contributed by atoms with Crippen LogP contribution in [0.5, 0.6) is 11.5 Å². The molecule has 0 saturated heterocycles. The predicted molar refractivity (Wildman–Crippen MR) is 157 cm³/mol. The number of benzene rings is 3. The van der Waals surface area contributed by atoms with Gasteiger partial charge in [-0.25, -0.2) is 9.79 Å². The Labute approximate surface area is 244 Å². The van der Waals surface area contributed by atoms with E-state index in [9.17, 15) is 9.59 Å². The number of hydrogen-bond donors (Lipinski definition) is 0. The van der Waals surface area contributed by atoms with Crippen molar-refractivity contribution in [3.05, 3.63) is 119 Å². The van der Waals surface area contributed by atoms with Gasteiger partial charge in [-0.1, -0.05) is 77.0 Å². The van der Waals surface area contributed by atoms with Crippen molar-refractivity contribution < 1.29 is 19.0 Å². The van der Waals surface area contributed by atoms with Gasteiger partial charge in [-0.2, -0.15) is 0 Å². The molecule has 0 saturated carbocycles. The number of rotatable bonds is 7. The van der Waals surface area contributed by atoms with Gasteiger partial charge in [0.05, 0.1) is 46.7 Å². The zero-order valence-electron chi connectivity index (χ0n) is 21.8. The summed E-state index contributed by atoms with van der Waals surface area (Å²) in [5.74, 6) is 0.418. The third-order valence-electron chi connectivity index (χ3n) is 6.38. The number of esters is 1. The van der Waals surface area contributed by atoms with Gasteiger partial charge in [-0.05, 0) is 36.8 Å². The number of aromatic nitrogens is 1. The summed E-state index contributed by atoms with van der Waals surface area (Å²) in [4.78, 5) is 32.9. The quantitative estimate of drug-likeness (QED) is 0.273. The van der Waals surface area contributed by atoms with Crippen LogP contribution in [0.1, 0.15) is 29.7 Å². The van der Waals surface area contributed by atoms with Gasteiger partial charge in [0, 0.05) is 17.2 Å². The van der Waals surface area contributed by atoms with E-state index < -0.39 is 12.0 Å². The third-order valence-corrected chi connectivity index (χ3v) is 8.19. The zero-order chi connectivity index (χ0) is 28.4. The lowest BCUT2D eigenvalue weighted by Crippen LogP contribution is -2.40. The molecule has 40 heavy (non-hydrogen) atoms. The maximum atomic E-state index is 14.1. The lowest BCUT2D eigenvalue weighted by molar-refractivity contribution is -0.138. The zero-order valence-corrected chi connectivity index (χ0v) is 24.1. The summed E-state index contributed by atoms with van der Waals surface area (Å²) in [6.07, 6.45) is 1.68. The highest BCUT2D eigenvalue weighted by Gasteiger charge is 2.36. The summed E-state index contributed by atoms with van der Waals surface area (Å²) in [6.45, 7) is 1.88. The Morgan fingerprint density at radius 1 is 1.05 bits per heavy atom. The molecular weight excluding hydrogens is 571 g/mol. The van der Waals surface area contributed by atoms with Crippen molar-refractivity contribution in [1.29, 1.82) is 0 Å². The number of methoxy groups -OCH3 is 2. The molecule has 0 aliphatic carbocycles. The summed E-state index contributed by atoms with van der Waals surface area (Å²) >= 11 is 13.8. The summed E-state index contributed by atoms with van der Waals surface area (Å²) in [6, 6.07) is 18.9. The number of halogens is 2. The van der Waals surface area contributed by atoms with Crippen LogP contribution in [0.4, 0.5) is 0 Å². The fourth-order valence-electron chi connectivity index (χ4n) is 4.55. The molecule has 1 unspecified atom stereocenters. The summed E-state index contributed by atoms with van der Waals surface area (Å²) in [5.41, 5.74) is 2.15. The van der Waals surface area contributed by atoms with Crippen molar-refractivity contribution in [3.63, 3.8) is 0 Å². The Balaban J connectivity index is 1.88. The molecule has 0 amide bonds. The highest BCUT2D eigenvalue weighted by Crippen LogP contribution is 2.40. The van der Waals surface area contributed by atoms with Crippen LogP contribution in [-0.2, 0) is 9.53 Å². The van der Waals surface area contributed by atoms with E-state index in [0.29, 0.717) is 53.3 Å². The molecule has 7 nitrogen and oxygen atoms in total. The number of carbonyl (C=O) groups is 1. The van der Waals surface area contributed by atoms with Gasteiger partial charge in [0.25, 0.3) is 5.56 Å². The van der Waals surface area contributed by atoms with Crippen LogP contribution in [0.15, 0.2) is 82.1 Å². The average Bonchev–Trinajstić information content (AvgIpc) is 3.29. The molecule has 10 heteroatoms. The topological polar surface area (TPSA) is 79.1 Å². The predicted octanol–water partition coefficient (Wildman–Crippen LogP) is 5.26. The molecule has 0 fully saturated rings. The first-order valence-corrected chi connectivity index (χ1v) is 13.9. The second kappa shape index (κ2) is 11.7. The Morgan fingerprint density at radius 2 is 1.82 bits per heavy atom. The van der Waals surface area contributed by atoms with Crippen molar-refractivity contribution in [2.45, 2.75) is 13.0 Å². The maximum absolute atomic E-state index is 14.1. The Kier molecular flexibility index (Phi) is 8.12. The van der Waals surface area contributed by atoms with Gasteiger partial charge >= 0.3 is 5.97 Å². The van der Waals surface area contributed by atoms with Crippen LogP contribution in [0.25, 0.3) is 11.8 Å². The van der Waals surface area contributed by atoms with E-state index in [0.717, 1.165) is 0 Å². The lowest BCUT2D eigenvalue weighted by Gasteiger charge is -2.27. The first-order chi connectivity index (χ1) is 19.4. The first kappa shape index (κ1) is 27.7. The number of fused-ring (bicyclic) bond motifs is 1. The van der Waals surface area contributed by atoms with E-state index >= 15 is 0 Å². The number of ether oxygens (including phenoxy) is 3. The van der Waals surface area contributed by atoms with Gasteiger partial charge in [-0.15, -0.1) is 0 Å². The van der Waals surface area contributed by atoms with Gasteiger partial charge in [0.1, 0.15) is 17.5 Å². The van der Waals surface area contributed by atoms with Crippen LogP contribution in [0, 0.1) is 0 Å². The van der Waals surface area contributed by atoms with Crippen LogP contribution < -0.4 is 24.4 Å². The van der Waals surface area contributed by atoms with Crippen LogP contribution in [0.3, 0.4) is 0 Å². The van der Waals surface area contributed by atoms with E-state index in [4.69, 9.17) is 42.4 Å². The van der Waals surface area contributed by atoms with E-state index in [1.54, 1.807) is 56.5 Å². The maximum Gasteiger partial charge on any atom is 0.338 e. The largest absolute Gasteiger partial charge is 0.497 e. The molecule has 5 rings (SSSR count). The fourth-order valence-corrected chi connectivity index (χ4v) is 5.91. The first-order valence-electron chi connectivity index (χ1n) is 12.3. The molecule has 3 aromatic carbocycles. The molecule has 1 aliphatic heterocycles. The van der Waals surface area contributed by atoms with Gasteiger partial charge in [-0.3, -0.25) is 9.36 Å². The average molecular weight is 596 g/mol. The summed E-state index contributed by atoms with van der Waals surface area (Å²) in [5, 5.41) is 0.709.